The highest BCUT2D eigenvalue weighted by atomic mass is 32.2. The Balaban J connectivity index is 1.59. The van der Waals surface area contributed by atoms with Gasteiger partial charge in [-0.1, -0.05) is 30.0 Å². The first-order valence-electron chi connectivity index (χ1n) is 10.9. The standard InChI is InChI=1S/C25H22F3N5O2S/c1-35-14-13-30-23(34)19-7-5-17(6-8-19)16-36-24-32-31-22(18-9-11-29-12-10-18)33(24)21-4-2-3-20(15-21)25(26,27)28/h2-12,15H,13-14,16H2,1H3,(H,30,34). The second-order valence-electron chi connectivity index (χ2n) is 7.66. The average Bonchev–Trinajstić information content (AvgIpc) is 3.32. The fourth-order valence-corrected chi connectivity index (χ4v) is 4.28. The lowest BCUT2D eigenvalue weighted by Crippen LogP contribution is -2.26. The molecule has 2 heterocycles. The van der Waals surface area contributed by atoms with Crippen LogP contribution in [0.5, 0.6) is 0 Å². The monoisotopic (exact) mass is 513 g/mol. The SMILES string of the molecule is COCCNC(=O)c1ccc(CSc2nnc(-c3ccncc3)n2-c2cccc(C(F)(F)F)c2)cc1. The Kier molecular flexibility index (Phi) is 8.01. The summed E-state index contributed by atoms with van der Waals surface area (Å²) in [6.07, 6.45) is -1.31. The molecule has 0 aliphatic carbocycles. The zero-order chi connectivity index (χ0) is 25.5. The number of hydrogen-bond donors (Lipinski definition) is 1. The van der Waals surface area contributed by atoms with E-state index in [0.29, 0.717) is 46.7 Å². The molecule has 4 rings (SSSR count). The summed E-state index contributed by atoms with van der Waals surface area (Å²) in [5.74, 6) is 0.679. The molecule has 4 aromatic rings. The Hall–Kier alpha value is -3.70. The van der Waals surface area contributed by atoms with Crippen molar-refractivity contribution in [2.24, 2.45) is 0 Å². The number of ether oxygens (including phenoxy) is 1. The van der Waals surface area contributed by atoms with Crippen molar-refractivity contribution in [2.75, 3.05) is 20.3 Å². The molecule has 0 radical (unpaired) electrons. The molecule has 1 amide bonds. The molecule has 2 aromatic carbocycles. The van der Waals surface area contributed by atoms with Gasteiger partial charge in [0.15, 0.2) is 11.0 Å². The largest absolute Gasteiger partial charge is 0.416 e. The van der Waals surface area contributed by atoms with E-state index in [1.165, 1.54) is 17.8 Å². The average molecular weight is 514 g/mol. The lowest BCUT2D eigenvalue weighted by molar-refractivity contribution is -0.137. The third-order valence-electron chi connectivity index (χ3n) is 5.18. The highest BCUT2D eigenvalue weighted by Crippen LogP contribution is 2.34. The van der Waals surface area contributed by atoms with Crippen molar-refractivity contribution >= 4 is 17.7 Å². The number of hydrogen-bond acceptors (Lipinski definition) is 6. The normalized spacial score (nSPS) is 11.4. The van der Waals surface area contributed by atoms with Crippen LogP contribution in [0.1, 0.15) is 21.5 Å². The zero-order valence-electron chi connectivity index (χ0n) is 19.2. The number of nitrogens with one attached hydrogen (secondary N) is 1. The van der Waals surface area contributed by atoms with Gasteiger partial charge in [0, 0.05) is 42.9 Å². The Bertz CT molecular complexity index is 1310. The van der Waals surface area contributed by atoms with Crippen molar-refractivity contribution in [3.05, 3.63) is 89.7 Å². The maximum absolute atomic E-state index is 13.4. The van der Waals surface area contributed by atoms with E-state index in [0.717, 1.165) is 17.7 Å². The maximum atomic E-state index is 13.4. The van der Waals surface area contributed by atoms with E-state index in [-0.39, 0.29) is 5.91 Å². The summed E-state index contributed by atoms with van der Waals surface area (Å²) in [6, 6.07) is 15.6. The summed E-state index contributed by atoms with van der Waals surface area (Å²) < 4.78 is 46.7. The number of amides is 1. The van der Waals surface area contributed by atoms with Crippen molar-refractivity contribution in [3.8, 4) is 17.1 Å². The van der Waals surface area contributed by atoms with Crippen molar-refractivity contribution in [2.45, 2.75) is 17.1 Å². The van der Waals surface area contributed by atoms with E-state index < -0.39 is 11.7 Å². The molecule has 11 heteroatoms. The molecule has 7 nitrogen and oxygen atoms in total. The van der Waals surface area contributed by atoms with E-state index in [1.807, 2.05) is 12.1 Å². The van der Waals surface area contributed by atoms with Crippen molar-refractivity contribution in [3.63, 3.8) is 0 Å². The number of aromatic nitrogens is 4. The number of alkyl halides is 3. The first kappa shape index (κ1) is 25.4. The van der Waals surface area contributed by atoms with Crippen molar-refractivity contribution in [1.82, 2.24) is 25.1 Å². The molecule has 0 unspecified atom stereocenters. The van der Waals surface area contributed by atoms with Crippen molar-refractivity contribution < 1.29 is 22.7 Å². The van der Waals surface area contributed by atoms with Crippen LogP contribution in [0.2, 0.25) is 0 Å². The number of rotatable bonds is 9. The van der Waals surface area contributed by atoms with Crippen LogP contribution >= 0.6 is 11.8 Å². The molecular weight excluding hydrogens is 491 g/mol. The van der Waals surface area contributed by atoms with Crippen molar-refractivity contribution in [1.29, 1.82) is 0 Å². The summed E-state index contributed by atoms with van der Waals surface area (Å²) in [6.45, 7) is 0.840. The molecular formula is C25H22F3N5O2S. The van der Waals surface area contributed by atoms with Gasteiger partial charge in [-0.05, 0) is 48.0 Å². The van der Waals surface area contributed by atoms with Gasteiger partial charge in [0.05, 0.1) is 17.9 Å². The highest BCUT2D eigenvalue weighted by Gasteiger charge is 2.31. The van der Waals surface area contributed by atoms with Gasteiger partial charge >= 0.3 is 6.18 Å². The Labute approximate surface area is 209 Å². The molecule has 0 fully saturated rings. The first-order valence-corrected chi connectivity index (χ1v) is 11.9. The number of carbonyl (C=O) groups excluding carboxylic acids is 1. The second kappa shape index (κ2) is 11.4. The van der Waals surface area contributed by atoms with Crippen LogP contribution in [0, 0.1) is 0 Å². The molecule has 0 aliphatic heterocycles. The Morgan fingerprint density at radius 2 is 1.81 bits per heavy atom. The molecule has 0 saturated carbocycles. The summed E-state index contributed by atoms with van der Waals surface area (Å²) >= 11 is 1.33. The van der Waals surface area contributed by atoms with Crippen LogP contribution in [-0.2, 0) is 16.7 Å². The highest BCUT2D eigenvalue weighted by molar-refractivity contribution is 7.98. The van der Waals surface area contributed by atoms with Crippen LogP contribution < -0.4 is 5.32 Å². The topological polar surface area (TPSA) is 81.9 Å². The molecule has 1 N–H and O–H groups in total. The number of carbonyl (C=O) groups is 1. The third-order valence-corrected chi connectivity index (χ3v) is 6.18. The number of methoxy groups -OCH3 is 1. The minimum absolute atomic E-state index is 0.197. The lowest BCUT2D eigenvalue weighted by Gasteiger charge is -2.13. The molecule has 186 valence electrons. The minimum atomic E-state index is -4.48. The molecule has 0 bridgehead atoms. The third kappa shape index (κ3) is 6.10. The molecule has 0 spiro atoms. The fraction of sp³-hybridized carbons (Fsp3) is 0.200. The van der Waals surface area contributed by atoms with E-state index >= 15 is 0 Å². The summed E-state index contributed by atoms with van der Waals surface area (Å²) in [5, 5.41) is 11.7. The van der Waals surface area contributed by atoms with Crippen LogP contribution in [0.4, 0.5) is 13.2 Å². The zero-order valence-corrected chi connectivity index (χ0v) is 20.0. The molecule has 36 heavy (non-hydrogen) atoms. The predicted octanol–water partition coefficient (Wildman–Crippen LogP) is 5.02. The smallest absolute Gasteiger partial charge is 0.383 e. The second-order valence-corrected chi connectivity index (χ2v) is 8.60. The van der Waals surface area contributed by atoms with Gasteiger partial charge in [-0.15, -0.1) is 10.2 Å². The van der Waals surface area contributed by atoms with Gasteiger partial charge in [-0.2, -0.15) is 13.2 Å². The van der Waals surface area contributed by atoms with Crippen LogP contribution in [0.25, 0.3) is 17.1 Å². The quantitative estimate of drug-likeness (QED) is 0.250. The Morgan fingerprint density at radius 1 is 1.06 bits per heavy atom. The van der Waals surface area contributed by atoms with E-state index in [4.69, 9.17) is 4.74 Å². The molecule has 0 atom stereocenters. The number of thioether (sulfide) groups is 1. The minimum Gasteiger partial charge on any atom is -0.383 e. The van der Waals surface area contributed by atoms with Gasteiger partial charge in [0.2, 0.25) is 0 Å². The van der Waals surface area contributed by atoms with Gasteiger partial charge < -0.3 is 10.1 Å². The van der Waals surface area contributed by atoms with Gasteiger partial charge in [-0.25, -0.2) is 0 Å². The van der Waals surface area contributed by atoms with E-state index in [9.17, 15) is 18.0 Å². The summed E-state index contributed by atoms with van der Waals surface area (Å²) in [7, 11) is 1.56. The fourth-order valence-electron chi connectivity index (χ4n) is 3.37. The molecule has 0 saturated heterocycles. The number of nitrogens with zero attached hydrogens (tertiary/aromatic N) is 4. The number of pyridine rings is 1. The molecule has 2 aromatic heterocycles. The lowest BCUT2D eigenvalue weighted by atomic mass is 10.1. The van der Waals surface area contributed by atoms with E-state index in [1.54, 1.807) is 54.4 Å². The van der Waals surface area contributed by atoms with Gasteiger partial charge in [-0.3, -0.25) is 14.3 Å². The molecule has 0 aliphatic rings. The predicted molar refractivity (Wildman–Crippen MR) is 130 cm³/mol. The Morgan fingerprint density at radius 3 is 2.50 bits per heavy atom. The van der Waals surface area contributed by atoms with Gasteiger partial charge in [0.1, 0.15) is 0 Å². The van der Waals surface area contributed by atoms with Crippen LogP contribution in [0.15, 0.2) is 78.2 Å². The first-order chi connectivity index (χ1) is 17.4. The van der Waals surface area contributed by atoms with E-state index in [2.05, 4.69) is 20.5 Å². The maximum Gasteiger partial charge on any atom is 0.416 e. The summed E-state index contributed by atoms with van der Waals surface area (Å²) in [4.78, 5) is 16.2. The van der Waals surface area contributed by atoms with Crippen LogP contribution in [-0.4, -0.2) is 45.9 Å². The number of benzene rings is 2. The number of halogens is 3. The summed E-state index contributed by atoms with van der Waals surface area (Å²) in [5.41, 5.74) is 1.65. The van der Waals surface area contributed by atoms with Crippen LogP contribution in [0.3, 0.4) is 0 Å². The van der Waals surface area contributed by atoms with Gasteiger partial charge in [0.25, 0.3) is 5.91 Å².